The molecular weight excluding hydrogens is 272 g/mol. The number of sulfonamides is 1. The number of fused-ring (bicyclic) bond motifs is 1. The van der Waals surface area contributed by atoms with Crippen molar-refractivity contribution in [2.75, 3.05) is 18.8 Å². The van der Waals surface area contributed by atoms with Crippen molar-refractivity contribution in [2.45, 2.75) is 18.2 Å². The number of benzene rings is 2. The van der Waals surface area contributed by atoms with Crippen molar-refractivity contribution in [2.24, 2.45) is 5.92 Å². The van der Waals surface area contributed by atoms with Gasteiger partial charge in [-0.05, 0) is 24.5 Å². The summed E-state index contributed by atoms with van der Waals surface area (Å²) in [6.07, 6.45) is 0.923. The summed E-state index contributed by atoms with van der Waals surface area (Å²) < 4.78 is 27.2. The molecular formula is C15H18N2O2S. The van der Waals surface area contributed by atoms with E-state index in [0.29, 0.717) is 35.0 Å². The van der Waals surface area contributed by atoms with Gasteiger partial charge in [0, 0.05) is 29.5 Å². The molecule has 5 heteroatoms. The third kappa shape index (κ3) is 2.07. The Balaban J connectivity index is 2.17. The van der Waals surface area contributed by atoms with Crippen LogP contribution in [0, 0.1) is 5.92 Å². The molecule has 0 bridgehead atoms. The van der Waals surface area contributed by atoms with E-state index in [4.69, 9.17) is 5.73 Å². The Labute approximate surface area is 119 Å². The Morgan fingerprint density at radius 1 is 1.15 bits per heavy atom. The lowest BCUT2D eigenvalue weighted by molar-refractivity contribution is 0.465. The van der Waals surface area contributed by atoms with Crippen LogP contribution in [0.15, 0.2) is 41.3 Å². The molecule has 0 radical (unpaired) electrons. The lowest BCUT2D eigenvalue weighted by atomic mass is 10.1. The molecule has 0 amide bonds. The van der Waals surface area contributed by atoms with Gasteiger partial charge < -0.3 is 5.73 Å². The van der Waals surface area contributed by atoms with Crippen LogP contribution in [0.5, 0.6) is 0 Å². The average Bonchev–Trinajstić information content (AvgIpc) is 2.87. The fraction of sp³-hybridized carbons (Fsp3) is 0.333. The van der Waals surface area contributed by atoms with Crippen LogP contribution in [0.2, 0.25) is 0 Å². The van der Waals surface area contributed by atoms with E-state index < -0.39 is 10.0 Å². The molecule has 1 heterocycles. The summed E-state index contributed by atoms with van der Waals surface area (Å²) in [6, 6.07) is 10.7. The second-order valence-corrected chi connectivity index (χ2v) is 7.36. The van der Waals surface area contributed by atoms with E-state index in [1.54, 1.807) is 16.4 Å². The SMILES string of the molecule is CC1CCN(S(=O)(=O)c2ccc(N)c3ccccc23)C1. The third-order valence-electron chi connectivity index (χ3n) is 3.92. The van der Waals surface area contributed by atoms with Crippen molar-refractivity contribution in [3.8, 4) is 0 Å². The standard InChI is InChI=1S/C15H18N2O2S/c1-11-8-9-17(10-11)20(18,19)15-7-6-14(16)12-4-2-3-5-13(12)15/h2-7,11H,8-10,16H2,1H3. The minimum absolute atomic E-state index is 0.358. The van der Waals surface area contributed by atoms with Gasteiger partial charge in [-0.25, -0.2) is 8.42 Å². The summed E-state index contributed by atoms with van der Waals surface area (Å²) in [6.45, 7) is 3.28. The first-order valence-electron chi connectivity index (χ1n) is 6.77. The Kier molecular flexibility index (Phi) is 3.18. The quantitative estimate of drug-likeness (QED) is 0.864. The first-order chi connectivity index (χ1) is 9.50. The van der Waals surface area contributed by atoms with E-state index in [1.807, 2.05) is 24.3 Å². The van der Waals surface area contributed by atoms with Crippen molar-refractivity contribution < 1.29 is 8.42 Å². The molecule has 2 aromatic carbocycles. The number of nitrogens with two attached hydrogens (primary N) is 1. The van der Waals surface area contributed by atoms with Gasteiger partial charge in [0.15, 0.2) is 0 Å². The predicted octanol–water partition coefficient (Wildman–Crippen LogP) is 2.45. The van der Waals surface area contributed by atoms with Crippen molar-refractivity contribution >= 4 is 26.5 Å². The Hall–Kier alpha value is -1.59. The Morgan fingerprint density at radius 2 is 1.85 bits per heavy atom. The molecule has 2 N–H and O–H groups in total. The Morgan fingerprint density at radius 3 is 2.50 bits per heavy atom. The molecule has 1 aliphatic heterocycles. The molecule has 0 aliphatic carbocycles. The van der Waals surface area contributed by atoms with Crippen LogP contribution in [0.4, 0.5) is 5.69 Å². The minimum atomic E-state index is -3.44. The van der Waals surface area contributed by atoms with Crippen LogP contribution in [0.3, 0.4) is 0 Å². The van der Waals surface area contributed by atoms with Gasteiger partial charge in [0.2, 0.25) is 10.0 Å². The fourth-order valence-electron chi connectivity index (χ4n) is 2.77. The highest BCUT2D eigenvalue weighted by atomic mass is 32.2. The number of rotatable bonds is 2. The van der Waals surface area contributed by atoms with E-state index in [-0.39, 0.29) is 0 Å². The number of nitrogens with zero attached hydrogens (tertiary/aromatic N) is 1. The zero-order valence-corrected chi connectivity index (χ0v) is 12.2. The van der Waals surface area contributed by atoms with Crippen molar-refractivity contribution in [1.29, 1.82) is 0 Å². The van der Waals surface area contributed by atoms with Gasteiger partial charge in [0.25, 0.3) is 0 Å². The molecule has 0 aromatic heterocycles. The molecule has 3 rings (SSSR count). The molecule has 106 valence electrons. The maximum Gasteiger partial charge on any atom is 0.243 e. The van der Waals surface area contributed by atoms with E-state index in [9.17, 15) is 8.42 Å². The zero-order chi connectivity index (χ0) is 14.3. The number of hydrogen-bond acceptors (Lipinski definition) is 3. The van der Waals surface area contributed by atoms with Gasteiger partial charge in [-0.1, -0.05) is 31.2 Å². The van der Waals surface area contributed by atoms with Crippen LogP contribution in [0.1, 0.15) is 13.3 Å². The molecule has 0 spiro atoms. The summed E-state index contributed by atoms with van der Waals surface area (Å²) in [5.41, 5.74) is 6.54. The largest absolute Gasteiger partial charge is 0.398 e. The zero-order valence-electron chi connectivity index (χ0n) is 11.4. The lowest BCUT2D eigenvalue weighted by Gasteiger charge is -2.18. The van der Waals surface area contributed by atoms with Gasteiger partial charge in [0.05, 0.1) is 4.90 Å². The third-order valence-corrected chi connectivity index (χ3v) is 5.85. The molecule has 4 nitrogen and oxygen atoms in total. The second kappa shape index (κ2) is 4.75. The molecule has 20 heavy (non-hydrogen) atoms. The monoisotopic (exact) mass is 290 g/mol. The van der Waals surface area contributed by atoms with E-state index in [1.165, 1.54) is 0 Å². The molecule has 1 aliphatic rings. The normalized spacial score (nSPS) is 20.6. The smallest absolute Gasteiger partial charge is 0.243 e. The topological polar surface area (TPSA) is 63.4 Å². The van der Waals surface area contributed by atoms with Crippen molar-refractivity contribution in [1.82, 2.24) is 4.31 Å². The first-order valence-corrected chi connectivity index (χ1v) is 8.21. The number of anilines is 1. The highest BCUT2D eigenvalue weighted by Gasteiger charge is 2.31. The van der Waals surface area contributed by atoms with E-state index in [2.05, 4.69) is 6.92 Å². The molecule has 1 fully saturated rings. The predicted molar refractivity (Wildman–Crippen MR) is 80.9 cm³/mol. The summed E-state index contributed by atoms with van der Waals surface area (Å²) in [4.78, 5) is 0.358. The second-order valence-electron chi connectivity index (χ2n) is 5.46. The van der Waals surface area contributed by atoms with Gasteiger partial charge >= 0.3 is 0 Å². The lowest BCUT2D eigenvalue weighted by Crippen LogP contribution is -2.28. The van der Waals surface area contributed by atoms with Crippen LogP contribution < -0.4 is 5.73 Å². The molecule has 2 aromatic rings. The summed E-state index contributed by atoms with van der Waals surface area (Å²) in [5.74, 6) is 0.421. The van der Waals surface area contributed by atoms with Gasteiger partial charge in [-0.2, -0.15) is 4.31 Å². The first kappa shape index (κ1) is 13.4. The molecule has 1 atom stereocenters. The van der Waals surface area contributed by atoms with Crippen LogP contribution >= 0.6 is 0 Å². The van der Waals surface area contributed by atoms with Gasteiger partial charge in [-0.15, -0.1) is 0 Å². The van der Waals surface area contributed by atoms with Crippen molar-refractivity contribution in [3.63, 3.8) is 0 Å². The van der Waals surface area contributed by atoms with Crippen LogP contribution in [-0.4, -0.2) is 25.8 Å². The minimum Gasteiger partial charge on any atom is -0.398 e. The highest BCUT2D eigenvalue weighted by molar-refractivity contribution is 7.89. The van der Waals surface area contributed by atoms with Crippen LogP contribution in [0.25, 0.3) is 10.8 Å². The maximum atomic E-state index is 12.8. The molecule has 0 saturated carbocycles. The van der Waals surface area contributed by atoms with Gasteiger partial charge in [0.1, 0.15) is 0 Å². The van der Waals surface area contributed by atoms with E-state index >= 15 is 0 Å². The Bertz CT molecular complexity index is 756. The van der Waals surface area contributed by atoms with Gasteiger partial charge in [-0.3, -0.25) is 0 Å². The number of hydrogen-bond donors (Lipinski definition) is 1. The molecule has 1 saturated heterocycles. The van der Waals surface area contributed by atoms with E-state index in [0.717, 1.165) is 11.8 Å². The summed E-state index contributed by atoms with van der Waals surface area (Å²) >= 11 is 0. The highest BCUT2D eigenvalue weighted by Crippen LogP contribution is 2.31. The molecule has 1 unspecified atom stereocenters. The summed E-state index contributed by atoms with van der Waals surface area (Å²) in [7, 11) is -3.44. The summed E-state index contributed by atoms with van der Waals surface area (Å²) in [5, 5.41) is 1.49. The maximum absolute atomic E-state index is 12.8. The average molecular weight is 290 g/mol. The van der Waals surface area contributed by atoms with Crippen LogP contribution in [-0.2, 0) is 10.0 Å². The fourth-order valence-corrected chi connectivity index (χ4v) is 4.54. The van der Waals surface area contributed by atoms with Crippen molar-refractivity contribution in [3.05, 3.63) is 36.4 Å². The number of nitrogen functional groups attached to an aromatic ring is 1.